The summed E-state index contributed by atoms with van der Waals surface area (Å²) in [4.78, 5) is 23.6. The van der Waals surface area contributed by atoms with Gasteiger partial charge in [0.1, 0.15) is 41.2 Å². The first-order valence-corrected chi connectivity index (χ1v) is 10.2. The van der Waals surface area contributed by atoms with Gasteiger partial charge in [0, 0.05) is 32.0 Å². The SMILES string of the molecule is Fc1ccc2nc(CCNc3cc(NCCc4nc5ccc(F)cc5[nH]4)ncn3)[nH]c2c1. The van der Waals surface area contributed by atoms with Gasteiger partial charge in [0.15, 0.2) is 0 Å². The molecule has 162 valence electrons. The van der Waals surface area contributed by atoms with Gasteiger partial charge in [-0.1, -0.05) is 0 Å². The molecule has 10 heteroatoms. The molecule has 0 amide bonds. The third-order valence-corrected chi connectivity index (χ3v) is 4.99. The van der Waals surface area contributed by atoms with Gasteiger partial charge in [-0.15, -0.1) is 0 Å². The minimum atomic E-state index is -0.291. The van der Waals surface area contributed by atoms with Crippen molar-refractivity contribution in [2.24, 2.45) is 0 Å². The third-order valence-electron chi connectivity index (χ3n) is 4.99. The van der Waals surface area contributed by atoms with E-state index in [-0.39, 0.29) is 11.6 Å². The van der Waals surface area contributed by atoms with Gasteiger partial charge in [-0.25, -0.2) is 28.7 Å². The molecule has 0 saturated heterocycles. The number of hydrogen-bond donors (Lipinski definition) is 4. The van der Waals surface area contributed by atoms with E-state index in [1.807, 2.05) is 6.07 Å². The summed E-state index contributed by atoms with van der Waals surface area (Å²) in [5.41, 5.74) is 2.85. The second kappa shape index (κ2) is 8.58. The predicted octanol–water partition coefficient (Wildman–Crippen LogP) is 3.82. The minimum Gasteiger partial charge on any atom is -0.369 e. The van der Waals surface area contributed by atoms with Crippen molar-refractivity contribution >= 4 is 33.7 Å². The molecule has 5 aromatic rings. The Morgan fingerprint density at radius 3 is 1.69 bits per heavy atom. The maximum absolute atomic E-state index is 13.3. The molecule has 0 bridgehead atoms. The van der Waals surface area contributed by atoms with Crippen LogP contribution >= 0.6 is 0 Å². The summed E-state index contributed by atoms with van der Waals surface area (Å²) in [6.07, 6.45) is 2.75. The number of hydrogen-bond acceptors (Lipinski definition) is 6. The molecule has 0 radical (unpaired) electrons. The number of anilines is 2. The zero-order valence-electron chi connectivity index (χ0n) is 17.0. The van der Waals surface area contributed by atoms with Crippen molar-refractivity contribution in [1.29, 1.82) is 0 Å². The van der Waals surface area contributed by atoms with Crippen LogP contribution in [0.15, 0.2) is 48.8 Å². The molecule has 0 fully saturated rings. The standard InChI is InChI=1S/C22H20F2N8/c23-13-1-3-15-17(9-13)31-19(29-15)5-7-25-21-11-22(28-12-27-21)26-8-6-20-30-16-4-2-14(24)10-18(16)32-20/h1-4,9-12H,5-8H2,(H,29,31)(H,30,32)(H2,25,26,27,28). The van der Waals surface area contributed by atoms with Crippen molar-refractivity contribution in [3.63, 3.8) is 0 Å². The highest BCUT2D eigenvalue weighted by Crippen LogP contribution is 2.15. The van der Waals surface area contributed by atoms with Crippen LogP contribution in [0.5, 0.6) is 0 Å². The topological polar surface area (TPSA) is 107 Å². The molecule has 3 heterocycles. The Bertz CT molecular complexity index is 1280. The molecule has 32 heavy (non-hydrogen) atoms. The largest absolute Gasteiger partial charge is 0.369 e. The third kappa shape index (κ3) is 4.48. The fourth-order valence-electron chi connectivity index (χ4n) is 3.47. The Labute approximate surface area is 181 Å². The lowest BCUT2D eigenvalue weighted by Gasteiger charge is -2.07. The predicted molar refractivity (Wildman–Crippen MR) is 119 cm³/mol. The van der Waals surface area contributed by atoms with Crippen LogP contribution in [0.4, 0.5) is 20.4 Å². The van der Waals surface area contributed by atoms with Crippen LogP contribution < -0.4 is 10.6 Å². The van der Waals surface area contributed by atoms with Gasteiger partial charge in [0.2, 0.25) is 0 Å². The molecule has 3 aromatic heterocycles. The molecule has 0 atom stereocenters. The first-order chi connectivity index (χ1) is 15.6. The van der Waals surface area contributed by atoms with E-state index in [1.54, 1.807) is 12.1 Å². The van der Waals surface area contributed by atoms with Crippen molar-refractivity contribution in [3.05, 3.63) is 72.1 Å². The first kappa shape index (κ1) is 19.9. The van der Waals surface area contributed by atoms with E-state index in [2.05, 4.69) is 40.5 Å². The number of aromatic amines is 2. The van der Waals surface area contributed by atoms with E-state index in [0.29, 0.717) is 48.6 Å². The summed E-state index contributed by atoms with van der Waals surface area (Å²) in [6.45, 7) is 1.21. The molecule has 5 rings (SSSR count). The molecule has 0 aliphatic carbocycles. The van der Waals surface area contributed by atoms with Gasteiger partial charge >= 0.3 is 0 Å². The van der Waals surface area contributed by atoms with Crippen molar-refractivity contribution in [1.82, 2.24) is 29.9 Å². The molecule has 4 N–H and O–H groups in total. The van der Waals surface area contributed by atoms with Gasteiger partial charge in [-0.2, -0.15) is 0 Å². The Kier molecular flexibility index (Phi) is 5.32. The summed E-state index contributed by atoms with van der Waals surface area (Å²) >= 11 is 0. The van der Waals surface area contributed by atoms with Crippen molar-refractivity contribution in [3.8, 4) is 0 Å². The normalized spacial score (nSPS) is 11.3. The number of nitrogens with one attached hydrogen (secondary N) is 4. The van der Waals surface area contributed by atoms with Crippen LogP contribution in [0.2, 0.25) is 0 Å². The van der Waals surface area contributed by atoms with E-state index in [1.165, 1.54) is 30.6 Å². The Hall–Kier alpha value is -4.08. The van der Waals surface area contributed by atoms with Gasteiger partial charge in [0.25, 0.3) is 0 Å². The number of fused-ring (bicyclic) bond motifs is 2. The average Bonchev–Trinajstić information content (AvgIpc) is 3.36. The number of rotatable bonds is 8. The van der Waals surface area contributed by atoms with Crippen molar-refractivity contribution in [2.45, 2.75) is 12.8 Å². The quantitative estimate of drug-likeness (QED) is 0.296. The van der Waals surface area contributed by atoms with Gasteiger partial charge in [-0.05, 0) is 36.4 Å². The molecule has 0 spiro atoms. The van der Waals surface area contributed by atoms with E-state index in [4.69, 9.17) is 0 Å². The van der Waals surface area contributed by atoms with E-state index in [9.17, 15) is 8.78 Å². The average molecular weight is 434 g/mol. The van der Waals surface area contributed by atoms with Gasteiger partial charge in [0.05, 0.1) is 22.1 Å². The molecule has 0 unspecified atom stereocenters. The maximum atomic E-state index is 13.3. The van der Waals surface area contributed by atoms with Gasteiger partial charge in [-0.3, -0.25) is 0 Å². The van der Waals surface area contributed by atoms with E-state index >= 15 is 0 Å². The molecular weight excluding hydrogens is 414 g/mol. The summed E-state index contributed by atoms with van der Waals surface area (Å²) in [5, 5.41) is 6.48. The monoisotopic (exact) mass is 434 g/mol. The number of H-pyrrole nitrogens is 2. The fraction of sp³-hybridized carbons (Fsp3) is 0.182. The van der Waals surface area contributed by atoms with Gasteiger partial charge < -0.3 is 20.6 Å². The van der Waals surface area contributed by atoms with Crippen LogP contribution in [0.1, 0.15) is 11.6 Å². The molecule has 0 aliphatic rings. The minimum absolute atomic E-state index is 0.291. The van der Waals surface area contributed by atoms with Crippen LogP contribution in [0.25, 0.3) is 22.1 Å². The zero-order chi connectivity index (χ0) is 21.9. The summed E-state index contributed by atoms with van der Waals surface area (Å²) in [7, 11) is 0. The smallest absolute Gasteiger partial charge is 0.131 e. The molecule has 2 aromatic carbocycles. The zero-order valence-corrected chi connectivity index (χ0v) is 17.0. The van der Waals surface area contributed by atoms with Crippen molar-refractivity contribution in [2.75, 3.05) is 23.7 Å². The summed E-state index contributed by atoms with van der Waals surface area (Å²) < 4.78 is 26.6. The highest BCUT2D eigenvalue weighted by Gasteiger charge is 2.06. The maximum Gasteiger partial charge on any atom is 0.131 e. The Balaban J connectivity index is 1.13. The van der Waals surface area contributed by atoms with Crippen LogP contribution in [-0.4, -0.2) is 43.0 Å². The second-order valence-corrected chi connectivity index (χ2v) is 7.33. The highest BCUT2D eigenvalue weighted by molar-refractivity contribution is 5.75. The lowest BCUT2D eigenvalue weighted by molar-refractivity contribution is 0.629. The molecule has 0 aliphatic heterocycles. The number of aromatic nitrogens is 6. The summed E-state index contributed by atoms with van der Waals surface area (Å²) in [5.74, 6) is 2.34. The first-order valence-electron chi connectivity index (χ1n) is 10.2. The molecule has 8 nitrogen and oxygen atoms in total. The Morgan fingerprint density at radius 2 is 1.19 bits per heavy atom. The van der Waals surface area contributed by atoms with Crippen molar-refractivity contribution < 1.29 is 8.78 Å². The lowest BCUT2D eigenvalue weighted by Crippen LogP contribution is -2.10. The van der Waals surface area contributed by atoms with E-state index in [0.717, 1.165) is 22.7 Å². The number of benzene rings is 2. The van der Waals surface area contributed by atoms with E-state index < -0.39 is 0 Å². The molecular formula is C22H20F2N8. The number of imidazole rings is 2. The number of nitrogens with zero attached hydrogens (tertiary/aromatic N) is 4. The number of halogens is 2. The lowest BCUT2D eigenvalue weighted by atomic mass is 10.3. The summed E-state index contributed by atoms with van der Waals surface area (Å²) in [6, 6.07) is 10.8. The van der Waals surface area contributed by atoms with Crippen LogP contribution in [0.3, 0.4) is 0 Å². The second-order valence-electron chi connectivity index (χ2n) is 7.33. The van der Waals surface area contributed by atoms with Crippen LogP contribution in [-0.2, 0) is 12.8 Å². The highest BCUT2D eigenvalue weighted by atomic mass is 19.1. The van der Waals surface area contributed by atoms with Crippen LogP contribution in [0, 0.1) is 11.6 Å². The Morgan fingerprint density at radius 1 is 0.688 bits per heavy atom. The molecule has 0 saturated carbocycles. The fourth-order valence-corrected chi connectivity index (χ4v) is 3.47.